The third-order valence-electron chi connectivity index (χ3n) is 7.35. The molecule has 0 aliphatic rings. The molecule has 0 aliphatic carbocycles. The molecule has 0 atom stereocenters. The molecule has 204 valence electrons. The number of aromatic hydroxyl groups is 2. The van der Waals surface area contributed by atoms with Crippen molar-refractivity contribution in [2.75, 3.05) is 0 Å². The Morgan fingerprint density at radius 2 is 0.762 bits per heavy atom. The van der Waals surface area contributed by atoms with Crippen LogP contribution in [0.4, 0.5) is 0 Å². The summed E-state index contributed by atoms with van der Waals surface area (Å²) in [7, 11) is 0. The zero-order valence-corrected chi connectivity index (χ0v) is 21.9. The van der Waals surface area contributed by atoms with Gasteiger partial charge >= 0.3 is 11.9 Å². The molecule has 7 nitrogen and oxygen atoms in total. The maximum absolute atomic E-state index is 14.7. The summed E-state index contributed by atoms with van der Waals surface area (Å²) in [5, 5.41) is 42.0. The number of phenols is 2. The number of carboxylic acids is 2. The number of carbonyl (C=O) groups is 3. The van der Waals surface area contributed by atoms with Gasteiger partial charge in [0, 0.05) is 22.3 Å². The van der Waals surface area contributed by atoms with Gasteiger partial charge in [-0.1, -0.05) is 72.8 Å². The highest BCUT2D eigenvalue weighted by Gasteiger charge is 2.27. The summed E-state index contributed by atoms with van der Waals surface area (Å²) in [6.45, 7) is 0. The van der Waals surface area contributed by atoms with Gasteiger partial charge in [-0.2, -0.15) is 0 Å². The maximum Gasteiger partial charge on any atom is 0.336 e. The number of ketones is 1. The molecule has 6 aromatic rings. The van der Waals surface area contributed by atoms with E-state index in [1.807, 2.05) is 0 Å². The normalized spacial score (nSPS) is 11.0. The van der Waals surface area contributed by atoms with Crippen LogP contribution in [-0.4, -0.2) is 38.1 Å². The van der Waals surface area contributed by atoms with Crippen molar-refractivity contribution in [2.45, 2.75) is 0 Å². The molecule has 0 aliphatic heterocycles. The number of benzene rings is 6. The minimum atomic E-state index is -1.22. The van der Waals surface area contributed by atoms with E-state index in [0.717, 1.165) is 0 Å². The van der Waals surface area contributed by atoms with Crippen molar-refractivity contribution < 1.29 is 34.8 Å². The molecule has 4 N–H and O–H groups in total. The lowest BCUT2D eigenvalue weighted by molar-refractivity contribution is 0.0688. The lowest BCUT2D eigenvalue weighted by Gasteiger charge is -2.19. The van der Waals surface area contributed by atoms with Gasteiger partial charge in [-0.15, -0.1) is 0 Å². The molecule has 0 aromatic heterocycles. The second-order valence-electron chi connectivity index (χ2n) is 9.82. The van der Waals surface area contributed by atoms with Crippen molar-refractivity contribution >= 4 is 39.3 Å². The number of hydrogen-bond donors (Lipinski definition) is 4. The van der Waals surface area contributed by atoms with E-state index in [1.54, 1.807) is 72.8 Å². The molecule has 0 bridgehead atoms. The van der Waals surface area contributed by atoms with Gasteiger partial charge in [-0.05, 0) is 69.1 Å². The zero-order chi connectivity index (χ0) is 29.5. The monoisotopic (exact) mass is 554 g/mol. The van der Waals surface area contributed by atoms with Crippen LogP contribution < -0.4 is 0 Å². The molecule has 6 rings (SSSR count). The number of phenolic OH excluding ortho intramolecular Hbond substituents is 2. The number of rotatable bonds is 6. The second kappa shape index (κ2) is 10.2. The van der Waals surface area contributed by atoms with E-state index >= 15 is 0 Å². The molecular formula is C35H22O7. The predicted molar refractivity (Wildman–Crippen MR) is 159 cm³/mol. The summed E-state index contributed by atoms with van der Waals surface area (Å²) >= 11 is 0. The Morgan fingerprint density at radius 1 is 0.429 bits per heavy atom. The largest absolute Gasteiger partial charge is 0.508 e. The topological polar surface area (TPSA) is 132 Å². The first-order chi connectivity index (χ1) is 20.2. The Balaban J connectivity index is 1.75. The van der Waals surface area contributed by atoms with Crippen LogP contribution in [0.1, 0.15) is 36.6 Å². The van der Waals surface area contributed by atoms with Crippen LogP contribution in [-0.2, 0) is 0 Å². The van der Waals surface area contributed by atoms with Crippen LogP contribution in [0.2, 0.25) is 0 Å². The zero-order valence-electron chi connectivity index (χ0n) is 21.9. The van der Waals surface area contributed by atoms with Crippen LogP contribution in [0.5, 0.6) is 11.5 Å². The van der Waals surface area contributed by atoms with Gasteiger partial charge in [0.05, 0.1) is 11.1 Å². The highest BCUT2D eigenvalue weighted by Crippen LogP contribution is 2.40. The summed E-state index contributed by atoms with van der Waals surface area (Å²) in [6, 6.07) is 28.8. The van der Waals surface area contributed by atoms with E-state index in [9.17, 15) is 34.8 Å². The molecule has 0 unspecified atom stereocenters. The quantitative estimate of drug-likeness (QED) is 0.158. The Hall–Kier alpha value is -5.95. The average molecular weight is 555 g/mol. The van der Waals surface area contributed by atoms with E-state index in [0.29, 0.717) is 43.8 Å². The molecule has 0 heterocycles. The fraction of sp³-hybridized carbons (Fsp3) is 0. The number of fused-ring (bicyclic) bond motifs is 2. The van der Waals surface area contributed by atoms with Crippen molar-refractivity contribution in [3.05, 3.63) is 131 Å². The number of carbonyl (C=O) groups excluding carboxylic acids is 1. The van der Waals surface area contributed by atoms with E-state index in [-0.39, 0.29) is 33.8 Å². The summed E-state index contributed by atoms with van der Waals surface area (Å²) in [5.74, 6) is -2.98. The molecular weight excluding hydrogens is 532 g/mol. The summed E-state index contributed by atoms with van der Waals surface area (Å²) in [5.41, 5.74) is 1.98. The van der Waals surface area contributed by atoms with Crippen molar-refractivity contribution in [2.24, 2.45) is 0 Å². The van der Waals surface area contributed by atoms with Crippen LogP contribution in [0.25, 0.3) is 43.8 Å². The molecule has 0 saturated heterocycles. The molecule has 0 spiro atoms. The van der Waals surface area contributed by atoms with Gasteiger partial charge in [-0.25, -0.2) is 9.59 Å². The molecule has 7 heteroatoms. The standard InChI is InChI=1S/C35H22O7/c36-21-13-9-19(10-14-21)31-25-7-3-1-5-23(25)27(34(39)40)17-29(31)33(38)30-18-28(35(41)42)24-6-2-4-8-26(24)32(30)20-11-15-22(37)16-12-20/h1-18,36-37H,(H,39,40)(H,41,42). The highest BCUT2D eigenvalue weighted by molar-refractivity contribution is 6.25. The molecule has 0 fully saturated rings. The maximum atomic E-state index is 14.7. The third kappa shape index (κ3) is 4.39. The second-order valence-corrected chi connectivity index (χ2v) is 9.82. The Labute approximate surface area is 239 Å². The number of aromatic carboxylic acids is 2. The van der Waals surface area contributed by atoms with Gasteiger partial charge in [0.15, 0.2) is 5.78 Å². The SMILES string of the molecule is O=C(c1cc(C(=O)O)c2ccccc2c1-c1ccc(O)cc1)c1cc(C(=O)O)c2ccccc2c1-c1ccc(O)cc1. The first-order valence-electron chi connectivity index (χ1n) is 13.0. The average Bonchev–Trinajstić information content (AvgIpc) is 3.00. The minimum Gasteiger partial charge on any atom is -0.508 e. The Morgan fingerprint density at radius 3 is 1.10 bits per heavy atom. The molecule has 0 radical (unpaired) electrons. The molecule has 0 amide bonds. The molecule has 42 heavy (non-hydrogen) atoms. The Bertz CT molecular complexity index is 1910. The number of hydrogen-bond acceptors (Lipinski definition) is 5. The molecule has 0 saturated carbocycles. The van der Waals surface area contributed by atoms with E-state index in [2.05, 4.69) is 0 Å². The predicted octanol–water partition coefficient (Wildman–Crippen LogP) is 7.37. The smallest absolute Gasteiger partial charge is 0.336 e. The third-order valence-corrected chi connectivity index (χ3v) is 7.35. The molecule has 6 aromatic carbocycles. The fourth-order valence-electron chi connectivity index (χ4n) is 5.49. The van der Waals surface area contributed by atoms with E-state index < -0.39 is 17.7 Å². The highest BCUT2D eigenvalue weighted by atomic mass is 16.4. The van der Waals surface area contributed by atoms with Crippen molar-refractivity contribution in [3.8, 4) is 33.8 Å². The summed E-state index contributed by atoms with van der Waals surface area (Å²) < 4.78 is 0. The minimum absolute atomic E-state index is 0.0216. The van der Waals surface area contributed by atoms with Crippen LogP contribution in [0.3, 0.4) is 0 Å². The first-order valence-corrected chi connectivity index (χ1v) is 13.0. The first kappa shape index (κ1) is 26.3. The lowest BCUT2D eigenvalue weighted by Crippen LogP contribution is -2.11. The van der Waals surface area contributed by atoms with Gasteiger partial charge in [0.2, 0.25) is 0 Å². The van der Waals surface area contributed by atoms with Crippen molar-refractivity contribution in [1.29, 1.82) is 0 Å². The summed E-state index contributed by atoms with van der Waals surface area (Å²) in [6.07, 6.45) is 0. The van der Waals surface area contributed by atoms with Crippen LogP contribution in [0, 0.1) is 0 Å². The van der Waals surface area contributed by atoms with E-state index in [1.165, 1.54) is 36.4 Å². The lowest BCUT2D eigenvalue weighted by atomic mass is 9.83. The Kier molecular flexibility index (Phi) is 6.40. The fourth-order valence-corrected chi connectivity index (χ4v) is 5.49. The van der Waals surface area contributed by atoms with Gasteiger partial charge in [0.1, 0.15) is 11.5 Å². The van der Waals surface area contributed by atoms with Crippen molar-refractivity contribution in [1.82, 2.24) is 0 Å². The summed E-state index contributed by atoms with van der Waals surface area (Å²) in [4.78, 5) is 39.5. The van der Waals surface area contributed by atoms with Gasteiger partial charge in [-0.3, -0.25) is 4.79 Å². The van der Waals surface area contributed by atoms with Gasteiger partial charge in [0.25, 0.3) is 0 Å². The van der Waals surface area contributed by atoms with Gasteiger partial charge < -0.3 is 20.4 Å². The van der Waals surface area contributed by atoms with Crippen LogP contribution in [0.15, 0.2) is 109 Å². The van der Waals surface area contributed by atoms with Crippen molar-refractivity contribution in [3.63, 3.8) is 0 Å². The number of carboxylic acid groups (broad SMARTS) is 2. The van der Waals surface area contributed by atoms with E-state index in [4.69, 9.17) is 0 Å². The van der Waals surface area contributed by atoms with Crippen LogP contribution >= 0.6 is 0 Å².